The molecule has 0 aliphatic rings. The molecule has 5 nitrogen and oxygen atoms in total. The number of hydrogen-bond donors (Lipinski definition) is 1. The second-order valence-corrected chi connectivity index (χ2v) is 7.06. The second-order valence-electron chi connectivity index (χ2n) is 5.69. The Hall–Kier alpha value is -2.08. The van der Waals surface area contributed by atoms with E-state index in [4.69, 9.17) is 4.42 Å². The zero-order valence-corrected chi connectivity index (χ0v) is 15.0. The third-order valence-corrected chi connectivity index (χ3v) is 4.55. The number of nitrogens with zero attached hydrogens (tertiary/aromatic N) is 1. The van der Waals surface area contributed by atoms with Crippen molar-refractivity contribution in [2.45, 2.75) is 46.2 Å². The van der Waals surface area contributed by atoms with Crippen LogP contribution >= 0.6 is 11.3 Å². The van der Waals surface area contributed by atoms with Crippen LogP contribution in [0.25, 0.3) is 0 Å². The van der Waals surface area contributed by atoms with E-state index in [0.29, 0.717) is 19.6 Å². The lowest BCUT2D eigenvalue weighted by atomic mass is 10.2. The summed E-state index contributed by atoms with van der Waals surface area (Å²) in [5.41, 5.74) is 0. The van der Waals surface area contributed by atoms with Gasteiger partial charge in [0.15, 0.2) is 0 Å². The first-order valence-corrected chi connectivity index (χ1v) is 9.02. The second kappa shape index (κ2) is 9.27. The number of carbonyl (C=O) groups excluding carboxylic acids is 2. The van der Waals surface area contributed by atoms with Gasteiger partial charge in [-0.3, -0.25) is 9.59 Å². The van der Waals surface area contributed by atoms with Gasteiger partial charge in [-0.05, 0) is 37.6 Å². The lowest BCUT2D eigenvalue weighted by Crippen LogP contribution is -2.31. The van der Waals surface area contributed by atoms with E-state index < -0.39 is 0 Å². The molecule has 0 unspecified atom stereocenters. The van der Waals surface area contributed by atoms with Crippen molar-refractivity contribution in [3.63, 3.8) is 0 Å². The van der Waals surface area contributed by atoms with E-state index in [1.807, 2.05) is 38.1 Å². The smallest absolute Gasteiger partial charge is 0.223 e. The van der Waals surface area contributed by atoms with E-state index in [1.54, 1.807) is 22.5 Å². The van der Waals surface area contributed by atoms with Crippen LogP contribution in [-0.4, -0.2) is 23.3 Å². The summed E-state index contributed by atoms with van der Waals surface area (Å²) in [5.74, 6) is 0.631. The van der Waals surface area contributed by atoms with E-state index >= 15 is 0 Å². The Balaban J connectivity index is 1.95. The average molecular weight is 348 g/mol. The number of thiophene rings is 1. The predicted molar refractivity (Wildman–Crippen MR) is 94.6 cm³/mol. The molecule has 1 N–H and O–H groups in total. The fourth-order valence-electron chi connectivity index (χ4n) is 2.31. The first-order valence-electron chi connectivity index (χ1n) is 8.20. The molecule has 0 aliphatic heterocycles. The summed E-state index contributed by atoms with van der Waals surface area (Å²) in [4.78, 5) is 28.4. The lowest BCUT2D eigenvalue weighted by Gasteiger charge is -2.21. The molecule has 0 spiro atoms. The number of carbonyl (C=O) groups is 2. The maximum atomic E-state index is 12.6. The first-order chi connectivity index (χ1) is 11.6. The highest BCUT2D eigenvalue weighted by molar-refractivity contribution is 7.11. The summed E-state index contributed by atoms with van der Waals surface area (Å²) < 4.78 is 5.37. The van der Waals surface area contributed by atoms with Gasteiger partial charge in [0.1, 0.15) is 5.76 Å². The number of aryl methyl sites for hydroxylation is 1. The molecule has 6 heteroatoms. The van der Waals surface area contributed by atoms with Crippen molar-refractivity contribution in [3.8, 4) is 0 Å². The van der Waals surface area contributed by atoms with Gasteiger partial charge in [0, 0.05) is 29.1 Å². The van der Waals surface area contributed by atoms with Crippen LogP contribution in [0.1, 0.15) is 41.7 Å². The molecule has 0 aliphatic carbocycles. The van der Waals surface area contributed by atoms with Crippen molar-refractivity contribution in [1.29, 1.82) is 0 Å². The normalized spacial score (nSPS) is 10.6. The summed E-state index contributed by atoms with van der Waals surface area (Å²) in [6.45, 7) is 5.65. The molecule has 130 valence electrons. The van der Waals surface area contributed by atoms with Gasteiger partial charge in [0.05, 0.1) is 19.4 Å². The molecule has 2 heterocycles. The number of hydrogen-bond acceptors (Lipinski definition) is 4. The predicted octanol–water partition coefficient (Wildman–Crippen LogP) is 3.48. The van der Waals surface area contributed by atoms with Gasteiger partial charge in [0.25, 0.3) is 0 Å². The van der Waals surface area contributed by atoms with Gasteiger partial charge in [-0.1, -0.05) is 6.92 Å². The summed E-state index contributed by atoms with van der Waals surface area (Å²) in [6.07, 6.45) is 2.92. The molecule has 0 aromatic carbocycles. The van der Waals surface area contributed by atoms with Crippen LogP contribution in [0.3, 0.4) is 0 Å². The van der Waals surface area contributed by atoms with Crippen molar-refractivity contribution >= 4 is 23.2 Å². The topological polar surface area (TPSA) is 62.6 Å². The van der Waals surface area contributed by atoms with Crippen molar-refractivity contribution in [3.05, 3.63) is 46.0 Å². The Morgan fingerprint density at radius 2 is 2.04 bits per heavy atom. The first kappa shape index (κ1) is 18.3. The average Bonchev–Trinajstić information content (AvgIpc) is 3.21. The summed E-state index contributed by atoms with van der Waals surface area (Å²) in [6, 6.07) is 7.75. The summed E-state index contributed by atoms with van der Waals surface area (Å²) in [7, 11) is 0. The van der Waals surface area contributed by atoms with Gasteiger partial charge in [0.2, 0.25) is 11.8 Å². The number of furan rings is 1. The van der Waals surface area contributed by atoms with Gasteiger partial charge in [-0.25, -0.2) is 0 Å². The molecule has 2 amide bonds. The molecule has 0 radical (unpaired) electrons. The fourth-order valence-corrected chi connectivity index (χ4v) is 3.22. The van der Waals surface area contributed by atoms with Crippen LogP contribution in [-0.2, 0) is 22.7 Å². The van der Waals surface area contributed by atoms with Crippen LogP contribution in [0.4, 0.5) is 0 Å². The lowest BCUT2D eigenvalue weighted by molar-refractivity contribution is -0.134. The Morgan fingerprint density at radius 3 is 2.67 bits per heavy atom. The zero-order chi connectivity index (χ0) is 17.4. The maximum Gasteiger partial charge on any atom is 0.223 e. The molecule has 2 aromatic heterocycles. The highest BCUT2D eigenvalue weighted by atomic mass is 32.1. The Bertz CT molecular complexity index is 649. The van der Waals surface area contributed by atoms with Crippen molar-refractivity contribution < 1.29 is 14.0 Å². The van der Waals surface area contributed by atoms with E-state index in [2.05, 4.69) is 5.32 Å². The minimum Gasteiger partial charge on any atom is -0.467 e. The standard InChI is InChI=1S/C18H24N2O3S/c1-3-10-19-17(21)8-9-18(22)20(12-15-5-4-11-23-15)13-16-7-6-14(2)24-16/h4-7,11H,3,8-10,12-13H2,1-2H3,(H,19,21). The Labute approximate surface area is 146 Å². The van der Waals surface area contributed by atoms with Crippen molar-refractivity contribution in [1.82, 2.24) is 10.2 Å². The number of amides is 2. The molecule has 2 rings (SSSR count). The van der Waals surface area contributed by atoms with Crippen LogP contribution in [0.15, 0.2) is 34.9 Å². The van der Waals surface area contributed by atoms with Crippen LogP contribution in [0, 0.1) is 6.92 Å². The van der Waals surface area contributed by atoms with Crippen LogP contribution in [0.2, 0.25) is 0 Å². The van der Waals surface area contributed by atoms with Gasteiger partial charge < -0.3 is 14.6 Å². The van der Waals surface area contributed by atoms with Gasteiger partial charge >= 0.3 is 0 Å². The molecule has 0 bridgehead atoms. The summed E-state index contributed by atoms with van der Waals surface area (Å²) in [5, 5.41) is 2.80. The third kappa shape index (κ3) is 5.85. The highest BCUT2D eigenvalue weighted by Crippen LogP contribution is 2.19. The van der Waals surface area contributed by atoms with Crippen molar-refractivity contribution in [2.75, 3.05) is 6.54 Å². The SMILES string of the molecule is CCCNC(=O)CCC(=O)N(Cc1ccco1)Cc1ccc(C)s1. The minimum atomic E-state index is -0.0740. The monoisotopic (exact) mass is 348 g/mol. The molecule has 0 atom stereocenters. The number of rotatable bonds is 9. The molecule has 2 aromatic rings. The molecular formula is C18H24N2O3S. The molecule has 0 fully saturated rings. The number of nitrogens with one attached hydrogen (secondary N) is 1. The van der Waals surface area contributed by atoms with E-state index in [-0.39, 0.29) is 24.7 Å². The van der Waals surface area contributed by atoms with E-state index in [0.717, 1.165) is 17.1 Å². The zero-order valence-electron chi connectivity index (χ0n) is 14.2. The highest BCUT2D eigenvalue weighted by Gasteiger charge is 2.17. The van der Waals surface area contributed by atoms with E-state index in [9.17, 15) is 9.59 Å². The quantitative estimate of drug-likeness (QED) is 0.754. The fraction of sp³-hybridized carbons (Fsp3) is 0.444. The summed E-state index contributed by atoms with van der Waals surface area (Å²) >= 11 is 1.68. The largest absolute Gasteiger partial charge is 0.467 e. The third-order valence-electron chi connectivity index (χ3n) is 3.56. The van der Waals surface area contributed by atoms with Crippen LogP contribution in [0.5, 0.6) is 0 Å². The van der Waals surface area contributed by atoms with Crippen molar-refractivity contribution in [2.24, 2.45) is 0 Å². The molecule has 0 saturated heterocycles. The molecule has 24 heavy (non-hydrogen) atoms. The van der Waals surface area contributed by atoms with E-state index in [1.165, 1.54) is 4.88 Å². The van der Waals surface area contributed by atoms with Crippen LogP contribution < -0.4 is 5.32 Å². The molecule has 0 saturated carbocycles. The minimum absolute atomic E-state index is 0.0379. The maximum absolute atomic E-state index is 12.6. The molecular weight excluding hydrogens is 324 g/mol. The van der Waals surface area contributed by atoms with Gasteiger partial charge in [-0.2, -0.15) is 0 Å². The Kier molecular flexibility index (Phi) is 7.06. The Morgan fingerprint density at radius 1 is 1.21 bits per heavy atom. The van der Waals surface area contributed by atoms with Gasteiger partial charge in [-0.15, -0.1) is 11.3 Å².